The minimum Gasteiger partial charge on any atom is -0.505 e. The van der Waals surface area contributed by atoms with Gasteiger partial charge in [0.15, 0.2) is 11.6 Å². The molecular weight excluding hydrogens is 276 g/mol. The van der Waals surface area contributed by atoms with Crippen molar-refractivity contribution >= 4 is 0 Å². The molecule has 106 valence electrons. The van der Waals surface area contributed by atoms with Gasteiger partial charge in [-0.1, -0.05) is 18.2 Å². The normalized spacial score (nSPS) is 11.4. The van der Waals surface area contributed by atoms with Crippen molar-refractivity contribution in [1.82, 2.24) is 0 Å². The zero-order valence-electron chi connectivity index (χ0n) is 10.1. The second-order valence-electron chi connectivity index (χ2n) is 4.07. The van der Waals surface area contributed by atoms with Crippen LogP contribution in [-0.2, 0) is 12.8 Å². The topological polar surface area (TPSA) is 29.5 Å². The number of aromatic hydroxyl groups is 1. The molecule has 2 rings (SSSR count). The first-order valence-corrected chi connectivity index (χ1v) is 5.64. The quantitative estimate of drug-likeness (QED) is 0.860. The fourth-order valence-corrected chi connectivity index (χ4v) is 1.63. The van der Waals surface area contributed by atoms with Crippen LogP contribution in [0.2, 0.25) is 0 Å². The molecule has 2 aromatic rings. The van der Waals surface area contributed by atoms with Gasteiger partial charge >= 0.3 is 6.18 Å². The minimum atomic E-state index is -4.52. The van der Waals surface area contributed by atoms with Crippen LogP contribution in [0.1, 0.15) is 11.1 Å². The fourth-order valence-electron chi connectivity index (χ4n) is 1.63. The molecule has 0 saturated heterocycles. The molecule has 6 heteroatoms. The summed E-state index contributed by atoms with van der Waals surface area (Å²) in [5, 5.41) is 9.02. The Morgan fingerprint density at radius 1 is 1.05 bits per heavy atom. The fraction of sp³-hybridized carbons (Fsp3) is 0.143. The van der Waals surface area contributed by atoms with Crippen LogP contribution in [0, 0.1) is 5.82 Å². The van der Waals surface area contributed by atoms with Crippen molar-refractivity contribution in [2.45, 2.75) is 12.8 Å². The maximum Gasteiger partial charge on any atom is 0.419 e. The Kier molecular flexibility index (Phi) is 3.83. The van der Waals surface area contributed by atoms with E-state index in [1.807, 2.05) is 0 Å². The molecule has 0 spiro atoms. The van der Waals surface area contributed by atoms with Crippen LogP contribution in [-0.4, -0.2) is 5.11 Å². The minimum absolute atomic E-state index is 0.232. The van der Waals surface area contributed by atoms with E-state index in [-0.39, 0.29) is 12.4 Å². The molecule has 0 fully saturated rings. The molecular formula is C14H10F4O2. The Bertz CT molecular complexity index is 608. The summed E-state index contributed by atoms with van der Waals surface area (Å²) in [6.45, 7) is -0.232. The molecule has 0 aromatic heterocycles. The molecule has 0 amide bonds. The van der Waals surface area contributed by atoms with Gasteiger partial charge in [-0.05, 0) is 29.8 Å². The molecule has 2 nitrogen and oxygen atoms in total. The van der Waals surface area contributed by atoms with E-state index in [4.69, 9.17) is 9.84 Å². The molecule has 0 aliphatic rings. The lowest BCUT2D eigenvalue weighted by Gasteiger charge is -2.13. The Balaban J connectivity index is 2.17. The van der Waals surface area contributed by atoms with Crippen LogP contribution in [0.25, 0.3) is 0 Å². The standard InChI is InChI=1S/C14H10F4O2/c15-11-7-9(5-6-12(11)19)8-20-13-4-2-1-3-10(13)14(16,17)18/h1-7,19H,8H2. The number of halogens is 4. The van der Waals surface area contributed by atoms with Gasteiger partial charge in [0.1, 0.15) is 12.4 Å². The third-order valence-electron chi connectivity index (χ3n) is 2.60. The average Bonchev–Trinajstić information content (AvgIpc) is 2.39. The molecule has 0 unspecified atom stereocenters. The Morgan fingerprint density at radius 3 is 2.40 bits per heavy atom. The summed E-state index contributed by atoms with van der Waals surface area (Å²) in [5.74, 6) is -1.70. The summed E-state index contributed by atoms with van der Waals surface area (Å²) in [6, 6.07) is 8.27. The summed E-state index contributed by atoms with van der Waals surface area (Å²) >= 11 is 0. The van der Waals surface area contributed by atoms with Crippen molar-refractivity contribution in [2.24, 2.45) is 0 Å². The molecule has 0 bridgehead atoms. The summed E-state index contributed by atoms with van der Waals surface area (Å²) in [4.78, 5) is 0. The van der Waals surface area contributed by atoms with Gasteiger partial charge in [0.2, 0.25) is 0 Å². The predicted molar refractivity (Wildman–Crippen MR) is 63.8 cm³/mol. The summed E-state index contributed by atoms with van der Waals surface area (Å²) in [5.41, 5.74) is -0.573. The number of phenolic OH excluding ortho intramolecular Hbond substituents is 1. The molecule has 0 aliphatic carbocycles. The van der Waals surface area contributed by atoms with Gasteiger partial charge in [0.05, 0.1) is 5.56 Å². The van der Waals surface area contributed by atoms with Gasteiger partial charge in [-0.15, -0.1) is 0 Å². The van der Waals surface area contributed by atoms with Crippen LogP contribution in [0.15, 0.2) is 42.5 Å². The Labute approximate surface area is 112 Å². The lowest BCUT2D eigenvalue weighted by Crippen LogP contribution is -2.08. The molecule has 2 aromatic carbocycles. The second kappa shape index (κ2) is 5.40. The Hall–Kier alpha value is -2.24. The predicted octanol–water partition coefficient (Wildman–Crippen LogP) is 4.13. The SMILES string of the molecule is Oc1ccc(COc2ccccc2C(F)(F)F)cc1F. The zero-order valence-corrected chi connectivity index (χ0v) is 10.1. The van der Waals surface area contributed by atoms with Gasteiger partial charge in [0, 0.05) is 0 Å². The summed E-state index contributed by atoms with van der Waals surface area (Å²) < 4.78 is 56.3. The summed E-state index contributed by atoms with van der Waals surface area (Å²) in [7, 11) is 0. The number of para-hydroxylation sites is 1. The molecule has 1 N–H and O–H groups in total. The highest BCUT2D eigenvalue weighted by atomic mass is 19.4. The van der Waals surface area contributed by atoms with Crippen LogP contribution < -0.4 is 4.74 Å². The largest absolute Gasteiger partial charge is 0.505 e. The van der Waals surface area contributed by atoms with Gasteiger partial charge < -0.3 is 9.84 Å². The van der Waals surface area contributed by atoms with Gasteiger partial charge in [-0.25, -0.2) is 4.39 Å². The van der Waals surface area contributed by atoms with E-state index < -0.39 is 23.3 Å². The number of benzene rings is 2. The molecule has 0 radical (unpaired) electrons. The monoisotopic (exact) mass is 286 g/mol. The highest BCUT2D eigenvalue weighted by Gasteiger charge is 2.33. The van der Waals surface area contributed by atoms with Crippen LogP contribution in [0.4, 0.5) is 17.6 Å². The number of hydrogen-bond acceptors (Lipinski definition) is 2. The first kappa shape index (κ1) is 14.2. The lowest BCUT2D eigenvalue weighted by atomic mass is 10.2. The number of alkyl halides is 3. The third-order valence-corrected chi connectivity index (χ3v) is 2.60. The van der Waals surface area contributed by atoms with Crippen LogP contribution in [0.3, 0.4) is 0 Å². The van der Waals surface area contributed by atoms with E-state index in [1.165, 1.54) is 24.3 Å². The lowest BCUT2D eigenvalue weighted by molar-refractivity contribution is -0.139. The highest BCUT2D eigenvalue weighted by Crippen LogP contribution is 2.36. The van der Waals surface area contributed by atoms with Crippen molar-refractivity contribution in [3.05, 3.63) is 59.4 Å². The summed E-state index contributed by atoms with van der Waals surface area (Å²) in [6.07, 6.45) is -4.52. The molecule has 20 heavy (non-hydrogen) atoms. The second-order valence-corrected chi connectivity index (χ2v) is 4.07. The van der Waals surface area contributed by atoms with Crippen molar-refractivity contribution in [2.75, 3.05) is 0 Å². The van der Waals surface area contributed by atoms with Crippen molar-refractivity contribution in [1.29, 1.82) is 0 Å². The number of rotatable bonds is 3. The Morgan fingerprint density at radius 2 is 1.75 bits per heavy atom. The first-order chi connectivity index (χ1) is 9.38. The molecule has 0 saturated carbocycles. The smallest absolute Gasteiger partial charge is 0.419 e. The van der Waals surface area contributed by atoms with Crippen molar-refractivity contribution in [3.8, 4) is 11.5 Å². The number of phenols is 1. The number of hydrogen-bond donors (Lipinski definition) is 1. The average molecular weight is 286 g/mol. The van der Waals surface area contributed by atoms with Gasteiger partial charge in [0.25, 0.3) is 0 Å². The van der Waals surface area contributed by atoms with Crippen molar-refractivity contribution in [3.63, 3.8) is 0 Å². The zero-order chi connectivity index (χ0) is 14.8. The third kappa shape index (κ3) is 3.20. The van der Waals surface area contributed by atoms with E-state index in [0.29, 0.717) is 5.56 Å². The maximum atomic E-state index is 13.1. The first-order valence-electron chi connectivity index (χ1n) is 5.64. The maximum absolute atomic E-state index is 13.1. The van der Waals surface area contributed by atoms with Crippen LogP contribution in [0.5, 0.6) is 11.5 Å². The molecule has 0 aliphatic heterocycles. The van der Waals surface area contributed by atoms with E-state index >= 15 is 0 Å². The molecule has 0 atom stereocenters. The van der Waals surface area contributed by atoms with Crippen LogP contribution >= 0.6 is 0 Å². The van der Waals surface area contributed by atoms with E-state index in [0.717, 1.165) is 18.2 Å². The van der Waals surface area contributed by atoms with E-state index in [1.54, 1.807) is 0 Å². The number of ether oxygens (including phenoxy) is 1. The van der Waals surface area contributed by atoms with Crippen molar-refractivity contribution < 1.29 is 27.4 Å². The highest BCUT2D eigenvalue weighted by molar-refractivity contribution is 5.36. The van der Waals surface area contributed by atoms with E-state index in [9.17, 15) is 17.6 Å². The van der Waals surface area contributed by atoms with Gasteiger partial charge in [-0.2, -0.15) is 13.2 Å². The van der Waals surface area contributed by atoms with E-state index in [2.05, 4.69) is 0 Å². The van der Waals surface area contributed by atoms with Gasteiger partial charge in [-0.3, -0.25) is 0 Å². The molecule has 0 heterocycles.